The molecule has 4 aromatic rings. The second-order valence-electron chi connectivity index (χ2n) is 10.5. The molecule has 0 unspecified atom stereocenters. The molecule has 2 aliphatic rings. The number of benzene rings is 1. The number of imidazole rings is 1. The van der Waals surface area contributed by atoms with Crippen LogP contribution in [0.2, 0.25) is 5.02 Å². The van der Waals surface area contributed by atoms with Gasteiger partial charge < -0.3 is 15.0 Å². The van der Waals surface area contributed by atoms with E-state index in [1.807, 2.05) is 0 Å². The van der Waals surface area contributed by atoms with Crippen molar-refractivity contribution in [1.82, 2.24) is 40.1 Å². The Labute approximate surface area is 235 Å². The lowest BCUT2D eigenvalue weighted by atomic mass is 9.63. The normalized spacial score (nSPS) is 19.1. The minimum absolute atomic E-state index is 0.0680. The predicted octanol–water partition coefficient (Wildman–Crippen LogP) is -0.474. The van der Waals surface area contributed by atoms with E-state index >= 15 is 8.78 Å². The Morgan fingerprint density at radius 3 is 2.70 bits per heavy atom. The Hall–Kier alpha value is -3.84. The number of aromatic amines is 1. The number of H-pyrrole nitrogens is 1. The number of nitrogens with one attached hydrogen (secondary N) is 1. The molecule has 10 nitrogen and oxygen atoms in total. The smallest absolute Gasteiger partial charge is 0.247 e. The number of amides is 1. The van der Waals surface area contributed by atoms with Crippen molar-refractivity contribution in [1.29, 1.82) is 0 Å². The molecule has 3 aromatic heterocycles. The Morgan fingerprint density at radius 1 is 1.18 bits per heavy atom. The van der Waals surface area contributed by atoms with Crippen LogP contribution in [0.15, 0.2) is 36.8 Å². The molecule has 1 amide bonds. The van der Waals surface area contributed by atoms with Crippen LogP contribution in [0.4, 0.5) is 8.78 Å². The lowest BCUT2D eigenvalue weighted by molar-refractivity contribution is -0.129. The van der Waals surface area contributed by atoms with Gasteiger partial charge in [0.15, 0.2) is 19.5 Å². The Bertz CT molecular complexity index is 1680. The van der Waals surface area contributed by atoms with E-state index in [0.29, 0.717) is 47.6 Å². The lowest BCUT2D eigenvalue weighted by Gasteiger charge is -2.33. The minimum atomic E-state index is -1.47. The molecule has 2 aliphatic heterocycles. The third-order valence-electron chi connectivity index (χ3n) is 7.46. The molecule has 0 spiro atoms. The molecule has 0 aliphatic carbocycles. The number of fused-ring (bicyclic) bond motifs is 1. The molecule has 2 atom stereocenters. The number of hydrogen-bond donors (Lipinski definition) is 2. The fourth-order valence-corrected chi connectivity index (χ4v) is 5.83. The number of rotatable bonds is 5. The monoisotopic (exact) mass is 560 g/mol. The quantitative estimate of drug-likeness (QED) is 0.316. The van der Waals surface area contributed by atoms with Crippen molar-refractivity contribution in [3.63, 3.8) is 0 Å². The number of nitrogens with zero attached hydrogens (tertiary/aromatic N) is 7. The third kappa shape index (κ3) is 4.33. The van der Waals surface area contributed by atoms with Gasteiger partial charge in [0.2, 0.25) is 5.91 Å². The van der Waals surface area contributed by atoms with Gasteiger partial charge in [-0.1, -0.05) is 11.6 Å². The number of hydrogen-bond acceptors (Lipinski definition) is 7. The summed E-state index contributed by atoms with van der Waals surface area (Å²) in [4.78, 5) is 27.2. The van der Waals surface area contributed by atoms with Crippen molar-refractivity contribution in [2.75, 3.05) is 0 Å². The number of carbonyl (C=O) groups is 1. The van der Waals surface area contributed by atoms with Gasteiger partial charge in [-0.05, 0) is 53.5 Å². The first-order chi connectivity index (χ1) is 19.0. The van der Waals surface area contributed by atoms with Gasteiger partial charge in [-0.15, -0.1) is 5.10 Å². The maximum atomic E-state index is 15.4. The van der Waals surface area contributed by atoms with Gasteiger partial charge in [0.1, 0.15) is 27.8 Å². The van der Waals surface area contributed by atoms with Crippen molar-refractivity contribution >= 4 is 52.2 Å². The van der Waals surface area contributed by atoms with Gasteiger partial charge in [-0.25, -0.2) is 13.8 Å². The van der Waals surface area contributed by atoms with E-state index in [9.17, 15) is 9.90 Å². The Morgan fingerprint density at radius 2 is 1.98 bits per heavy atom. The maximum Gasteiger partial charge on any atom is 0.247 e. The van der Waals surface area contributed by atoms with Gasteiger partial charge >= 0.3 is 0 Å². The third-order valence-corrected chi connectivity index (χ3v) is 7.75. The van der Waals surface area contributed by atoms with Gasteiger partial charge in [-0.3, -0.25) is 9.78 Å². The Kier molecular flexibility index (Phi) is 6.38. The van der Waals surface area contributed by atoms with Crippen molar-refractivity contribution in [3.05, 3.63) is 70.5 Å². The molecule has 1 saturated heterocycles. The molecule has 6 rings (SSSR count). The van der Waals surface area contributed by atoms with Gasteiger partial charge in [0.05, 0.1) is 28.1 Å². The van der Waals surface area contributed by atoms with E-state index in [2.05, 4.69) is 30.5 Å². The largest absolute Gasteiger partial charge is 0.402 e. The van der Waals surface area contributed by atoms with E-state index in [0.717, 1.165) is 0 Å². The van der Waals surface area contributed by atoms with E-state index in [-0.39, 0.29) is 39.8 Å². The number of pyridine rings is 1. The molecular weight excluding hydrogens is 538 g/mol. The molecule has 0 saturated carbocycles. The van der Waals surface area contributed by atoms with E-state index in [1.165, 1.54) is 51.1 Å². The second kappa shape index (κ2) is 9.67. The zero-order chi connectivity index (χ0) is 28.3. The predicted molar refractivity (Wildman–Crippen MR) is 150 cm³/mol. The molecule has 2 N–H and O–H groups in total. The summed E-state index contributed by atoms with van der Waals surface area (Å²) in [5.74, 6) is -1.04. The van der Waals surface area contributed by atoms with Crippen molar-refractivity contribution in [2.24, 2.45) is 0 Å². The van der Waals surface area contributed by atoms with Gasteiger partial charge in [0, 0.05) is 40.4 Å². The van der Waals surface area contributed by atoms with Crippen LogP contribution in [0.5, 0.6) is 0 Å². The van der Waals surface area contributed by atoms with E-state index in [1.54, 1.807) is 18.8 Å². The molecular formula is C24H22B3ClF2N8O2. The zero-order valence-corrected chi connectivity index (χ0v) is 22.6. The van der Waals surface area contributed by atoms with E-state index < -0.39 is 17.0 Å². The first kappa shape index (κ1) is 26.4. The number of halogens is 3. The second-order valence-corrected chi connectivity index (χ2v) is 10.9. The summed E-state index contributed by atoms with van der Waals surface area (Å²) < 4.78 is 32.0. The van der Waals surface area contributed by atoms with Crippen LogP contribution >= 0.6 is 11.6 Å². The zero-order valence-electron chi connectivity index (χ0n) is 21.9. The number of aromatic nitrogens is 7. The van der Waals surface area contributed by atoms with Crippen molar-refractivity contribution in [3.8, 4) is 16.9 Å². The Balaban J connectivity index is 1.35. The summed E-state index contributed by atoms with van der Waals surface area (Å²) in [5, 5.41) is 19.9. The summed E-state index contributed by atoms with van der Waals surface area (Å²) in [5.41, 5.74) is 2.24. The lowest BCUT2D eigenvalue weighted by Crippen LogP contribution is -2.39. The first-order valence-electron chi connectivity index (χ1n) is 12.7. The highest BCUT2D eigenvalue weighted by molar-refractivity contribution is 6.38. The highest BCUT2D eigenvalue weighted by Gasteiger charge is 2.42. The SMILES string of the molecule is Bc1nc([C@@H]2CC[C@@H]3CC(c4c(-n5cnnn5)ccc(Cl)c4F)=CC(=O)N32)[nH]c1-c1ccnc(C(B)(B)O)c1F. The summed E-state index contributed by atoms with van der Waals surface area (Å²) in [6.07, 6.45) is 5.90. The summed E-state index contributed by atoms with van der Waals surface area (Å²) >= 11 is 6.12. The molecule has 0 bridgehead atoms. The molecule has 0 radical (unpaired) electrons. The number of tetrazole rings is 1. The van der Waals surface area contributed by atoms with Crippen LogP contribution in [0.3, 0.4) is 0 Å². The fourth-order valence-electron chi connectivity index (χ4n) is 5.67. The van der Waals surface area contributed by atoms with Crippen molar-refractivity contribution in [2.45, 2.75) is 36.7 Å². The fraction of sp³-hybridized carbons (Fsp3) is 0.250. The van der Waals surface area contributed by atoms with Crippen LogP contribution in [0, 0.1) is 11.6 Å². The summed E-state index contributed by atoms with van der Waals surface area (Å²) in [7, 11) is 4.69. The minimum Gasteiger partial charge on any atom is -0.402 e. The average molecular weight is 560 g/mol. The van der Waals surface area contributed by atoms with Gasteiger partial charge in [-0.2, -0.15) is 4.68 Å². The average Bonchev–Trinajstić information content (AvgIpc) is 3.65. The number of aliphatic hydroxyl groups is 1. The standard InChI is InChI=1S/C24H22B3ClF2N8O2/c25-22-20(12-5-6-31-21(18(12)29)24(26,27)40)33-23(34-22)15-3-1-11-7-10(8-16(39)38(11)15)17-14(37-9-32-35-36-37)4-2-13(28)19(17)30/h2,4-6,8-9,11,15,40H,1,3,7,25-27H2,(H,33,34)/t11-,15+/m1/s1. The van der Waals surface area contributed by atoms with E-state index in [4.69, 9.17) is 11.6 Å². The topological polar surface area (TPSA) is 126 Å². The van der Waals surface area contributed by atoms with Crippen molar-refractivity contribution < 1.29 is 18.7 Å². The molecule has 5 heterocycles. The van der Waals surface area contributed by atoms with Crippen LogP contribution in [0.1, 0.15) is 42.4 Å². The van der Waals surface area contributed by atoms with Crippen LogP contribution < -0.4 is 5.59 Å². The molecule has 1 fully saturated rings. The summed E-state index contributed by atoms with van der Waals surface area (Å²) in [6, 6.07) is 3.99. The molecule has 40 heavy (non-hydrogen) atoms. The highest BCUT2D eigenvalue weighted by Crippen LogP contribution is 2.44. The van der Waals surface area contributed by atoms with Crippen LogP contribution in [-0.4, -0.2) is 80.7 Å². The molecule has 200 valence electrons. The number of carbonyl (C=O) groups excluding carboxylic acids is 1. The van der Waals surface area contributed by atoms with Gasteiger partial charge in [0.25, 0.3) is 0 Å². The first-order valence-corrected chi connectivity index (χ1v) is 13.1. The van der Waals surface area contributed by atoms with Crippen LogP contribution in [-0.2, 0) is 10.2 Å². The highest BCUT2D eigenvalue weighted by atomic mass is 35.5. The molecule has 16 heteroatoms. The van der Waals surface area contributed by atoms with Crippen LogP contribution in [0.25, 0.3) is 22.5 Å². The summed E-state index contributed by atoms with van der Waals surface area (Å²) in [6.45, 7) is 0. The maximum absolute atomic E-state index is 15.4. The molecule has 1 aromatic carbocycles.